The third-order valence-corrected chi connectivity index (χ3v) is 6.35. The molecule has 0 aliphatic carbocycles. The Morgan fingerprint density at radius 2 is 1.33 bits per heavy atom. The molecule has 0 saturated carbocycles. The number of benzene rings is 3. The molecule has 5 rings (SSSR count). The van der Waals surface area contributed by atoms with Crippen LogP contribution in [0.2, 0.25) is 0 Å². The van der Waals surface area contributed by atoms with Crippen molar-refractivity contribution in [3.05, 3.63) is 95.7 Å². The summed E-state index contributed by atoms with van der Waals surface area (Å²) in [5.74, 6) is 1.02. The molecule has 0 bridgehead atoms. The highest BCUT2D eigenvalue weighted by molar-refractivity contribution is 5.76. The standard InChI is InChI=1S/C30H25F3N4O2/c1-18-11-13-20(14-12-18)25-17-26(30(31,32)33)35-29(34-25)37-28(22-8-6-10-24(16-22)39-4)19(2)27(36-37)21-7-5-9-23(15-21)38-3/h5-17H,1-4H3. The molecule has 0 radical (unpaired) electrons. The van der Waals surface area contributed by atoms with Crippen molar-refractivity contribution in [1.29, 1.82) is 0 Å². The lowest BCUT2D eigenvalue weighted by Crippen LogP contribution is -2.14. The molecule has 0 fully saturated rings. The van der Waals surface area contributed by atoms with Crippen molar-refractivity contribution in [2.24, 2.45) is 0 Å². The Kier molecular flexibility index (Phi) is 6.82. The Balaban J connectivity index is 1.80. The topological polar surface area (TPSA) is 62.1 Å². The van der Waals surface area contributed by atoms with E-state index in [4.69, 9.17) is 14.6 Å². The maximum Gasteiger partial charge on any atom is 0.433 e. The van der Waals surface area contributed by atoms with E-state index in [2.05, 4.69) is 9.97 Å². The van der Waals surface area contributed by atoms with E-state index in [-0.39, 0.29) is 11.6 Å². The van der Waals surface area contributed by atoms with E-state index in [1.54, 1.807) is 44.6 Å². The molecule has 198 valence electrons. The Labute approximate surface area is 223 Å². The fourth-order valence-electron chi connectivity index (χ4n) is 4.34. The zero-order valence-corrected chi connectivity index (χ0v) is 21.7. The first-order valence-corrected chi connectivity index (χ1v) is 12.1. The molecule has 6 nitrogen and oxygen atoms in total. The predicted octanol–water partition coefficient (Wildman–Crippen LogP) is 7.32. The Morgan fingerprint density at radius 1 is 0.718 bits per heavy atom. The van der Waals surface area contributed by atoms with Gasteiger partial charge in [-0.3, -0.25) is 0 Å². The summed E-state index contributed by atoms with van der Waals surface area (Å²) in [4.78, 5) is 8.50. The van der Waals surface area contributed by atoms with Gasteiger partial charge < -0.3 is 9.47 Å². The van der Waals surface area contributed by atoms with Gasteiger partial charge in [0.1, 0.15) is 11.5 Å². The average molecular weight is 531 g/mol. The van der Waals surface area contributed by atoms with Gasteiger partial charge in [0.25, 0.3) is 5.95 Å². The van der Waals surface area contributed by atoms with Gasteiger partial charge in [-0.25, -0.2) is 9.97 Å². The van der Waals surface area contributed by atoms with E-state index in [0.717, 1.165) is 22.8 Å². The first kappa shape index (κ1) is 26.0. The summed E-state index contributed by atoms with van der Waals surface area (Å²) >= 11 is 0. The predicted molar refractivity (Wildman–Crippen MR) is 143 cm³/mol. The lowest BCUT2D eigenvalue weighted by Gasteiger charge is -2.13. The Hall–Kier alpha value is -4.66. The van der Waals surface area contributed by atoms with Crippen molar-refractivity contribution >= 4 is 0 Å². The van der Waals surface area contributed by atoms with Gasteiger partial charge in [-0.05, 0) is 44.2 Å². The number of aromatic nitrogens is 4. The number of aryl methyl sites for hydroxylation is 1. The SMILES string of the molecule is COc1cccc(-c2nn(-c3nc(-c4ccc(C)cc4)cc(C(F)(F)F)n3)c(-c3cccc(OC)c3)c2C)c1. The molecule has 0 spiro atoms. The zero-order chi connectivity index (χ0) is 27.7. The van der Waals surface area contributed by atoms with E-state index < -0.39 is 11.9 Å². The largest absolute Gasteiger partial charge is 0.497 e. The molecular weight excluding hydrogens is 505 g/mol. The molecule has 2 aromatic heterocycles. The van der Waals surface area contributed by atoms with Crippen LogP contribution in [0.3, 0.4) is 0 Å². The van der Waals surface area contributed by atoms with Crippen molar-refractivity contribution in [3.63, 3.8) is 0 Å². The van der Waals surface area contributed by atoms with Crippen LogP contribution in [-0.4, -0.2) is 34.0 Å². The third kappa shape index (κ3) is 5.20. The minimum Gasteiger partial charge on any atom is -0.497 e. The normalized spacial score (nSPS) is 11.5. The number of nitrogens with zero attached hydrogens (tertiary/aromatic N) is 4. The molecule has 0 saturated heterocycles. The van der Waals surface area contributed by atoms with Gasteiger partial charge in [0.05, 0.1) is 31.3 Å². The molecule has 2 heterocycles. The number of ether oxygens (including phenoxy) is 2. The van der Waals surface area contributed by atoms with Gasteiger partial charge in [-0.2, -0.15) is 23.0 Å². The van der Waals surface area contributed by atoms with Crippen molar-refractivity contribution < 1.29 is 22.6 Å². The highest BCUT2D eigenvalue weighted by atomic mass is 19.4. The molecule has 39 heavy (non-hydrogen) atoms. The number of hydrogen-bond acceptors (Lipinski definition) is 5. The van der Waals surface area contributed by atoms with Crippen LogP contribution >= 0.6 is 0 Å². The number of methoxy groups -OCH3 is 2. The van der Waals surface area contributed by atoms with Gasteiger partial charge >= 0.3 is 6.18 Å². The molecule has 0 atom stereocenters. The molecule has 0 unspecified atom stereocenters. The van der Waals surface area contributed by atoms with Crippen LogP contribution in [0.4, 0.5) is 13.2 Å². The summed E-state index contributed by atoms with van der Waals surface area (Å²) in [5, 5.41) is 4.76. The summed E-state index contributed by atoms with van der Waals surface area (Å²) < 4.78 is 54.3. The maximum absolute atomic E-state index is 14.0. The second-order valence-electron chi connectivity index (χ2n) is 9.00. The van der Waals surface area contributed by atoms with Gasteiger partial charge in [-0.15, -0.1) is 0 Å². The molecule has 9 heteroatoms. The van der Waals surface area contributed by atoms with E-state index in [1.807, 2.05) is 56.3 Å². The molecule has 3 aromatic carbocycles. The summed E-state index contributed by atoms with van der Waals surface area (Å²) in [6.07, 6.45) is -4.69. The first-order chi connectivity index (χ1) is 18.7. The van der Waals surface area contributed by atoms with Crippen LogP contribution in [-0.2, 0) is 6.18 Å². The quantitative estimate of drug-likeness (QED) is 0.230. The van der Waals surface area contributed by atoms with E-state index in [9.17, 15) is 13.2 Å². The van der Waals surface area contributed by atoms with Crippen LogP contribution in [0.15, 0.2) is 78.9 Å². The Bertz CT molecular complexity index is 1640. The number of hydrogen-bond donors (Lipinski definition) is 0. The van der Waals surface area contributed by atoms with Crippen LogP contribution in [0, 0.1) is 13.8 Å². The minimum atomic E-state index is -4.69. The molecule has 0 aliphatic heterocycles. The van der Waals surface area contributed by atoms with Gasteiger partial charge in [-0.1, -0.05) is 54.1 Å². The van der Waals surface area contributed by atoms with Crippen LogP contribution < -0.4 is 9.47 Å². The fourth-order valence-corrected chi connectivity index (χ4v) is 4.34. The second-order valence-corrected chi connectivity index (χ2v) is 9.00. The van der Waals surface area contributed by atoms with Gasteiger partial charge in [0, 0.05) is 22.3 Å². The van der Waals surface area contributed by atoms with Gasteiger partial charge in [0.2, 0.25) is 0 Å². The highest BCUT2D eigenvalue weighted by Crippen LogP contribution is 2.37. The van der Waals surface area contributed by atoms with Crippen molar-refractivity contribution in [2.45, 2.75) is 20.0 Å². The summed E-state index contributed by atoms with van der Waals surface area (Å²) in [5.41, 5.74) is 3.85. The summed E-state index contributed by atoms with van der Waals surface area (Å²) in [7, 11) is 3.12. The molecule has 5 aromatic rings. The summed E-state index contributed by atoms with van der Waals surface area (Å²) in [6.45, 7) is 3.77. The molecule has 0 aliphatic rings. The van der Waals surface area contributed by atoms with Crippen LogP contribution in [0.5, 0.6) is 11.5 Å². The average Bonchev–Trinajstić information content (AvgIpc) is 3.29. The zero-order valence-electron chi connectivity index (χ0n) is 21.7. The molecular formula is C30H25F3N4O2. The summed E-state index contributed by atoms with van der Waals surface area (Å²) in [6, 6.07) is 22.6. The monoisotopic (exact) mass is 530 g/mol. The second kappa shape index (κ2) is 10.2. The lowest BCUT2D eigenvalue weighted by atomic mass is 10.0. The first-order valence-electron chi connectivity index (χ1n) is 12.1. The molecule has 0 N–H and O–H groups in total. The smallest absolute Gasteiger partial charge is 0.433 e. The lowest BCUT2D eigenvalue weighted by molar-refractivity contribution is -0.141. The van der Waals surface area contributed by atoms with Crippen molar-refractivity contribution in [1.82, 2.24) is 19.7 Å². The Morgan fingerprint density at radius 3 is 1.95 bits per heavy atom. The van der Waals surface area contributed by atoms with Crippen molar-refractivity contribution in [2.75, 3.05) is 14.2 Å². The maximum atomic E-state index is 14.0. The number of rotatable bonds is 6. The van der Waals surface area contributed by atoms with E-state index in [1.165, 1.54) is 4.68 Å². The van der Waals surface area contributed by atoms with Gasteiger partial charge in [0.15, 0.2) is 5.69 Å². The van der Waals surface area contributed by atoms with E-state index >= 15 is 0 Å². The fraction of sp³-hybridized carbons (Fsp3) is 0.167. The minimum absolute atomic E-state index is 0.139. The third-order valence-electron chi connectivity index (χ3n) is 6.35. The molecule has 0 amide bonds. The number of halogens is 3. The van der Waals surface area contributed by atoms with Crippen LogP contribution in [0.1, 0.15) is 16.8 Å². The van der Waals surface area contributed by atoms with Crippen LogP contribution in [0.25, 0.3) is 39.7 Å². The van der Waals surface area contributed by atoms with E-state index in [0.29, 0.717) is 34.0 Å². The highest BCUT2D eigenvalue weighted by Gasteiger charge is 2.34. The number of alkyl halides is 3. The van der Waals surface area contributed by atoms with Crippen molar-refractivity contribution in [3.8, 4) is 51.2 Å².